The Morgan fingerprint density at radius 3 is 2.33 bits per heavy atom. The third-order valence-electron chi connectivity index (χ3n) is 5.76. The summed E-state index contributed by atoms with van der Waals surface area (Å²) in [5.74, 6) is -0.553. The van der Waals surface area contributed by atoms with Crippen LogP contribution >= 0.6 is 0 Å². The Bertz CT molecular complexity index is 1040. The van der Waals surface area contributed by atoms with Crippen molar-refractivity contribution in [3.8, 4) is 0 Å². The lowest BCUT2D eigenvalue weighted by atomic mass is 10.2. The Morgan fingerprint density at radius 1 is 0.970 bits per heavy atom. The molecule has 1 aliphatic rings. The largest absolute Gasteiger partial charge is 0.370 e. The van der Waals surface area contributed by atoms with Crippen LogP contribution in [0, 0.1) is 6.92 Å². The van der Waals surface area contributed by atoms with E-state index in [1.165, 1.54) is 4.31 Å². The average Bonchev–Trinajstić information content (AvgIpc) is 3.03. The van der Waals surface area contributed by atoms with E-state index in [1.807, 2.05) is 42.2 Å². The third-order valence-corrected chi connectivity index (χ3v) is 7.68. The average molecular weight is 473 g/mol. The SMILES string of the molecule is Cc1ccc(S(=O)(=O)N2CCCN(CC(=O)N(CCC(N)=O)Cc3ccccc3)CC2)cc1. The van der Waals surface area contributed by atoms with E-state index in [0.29, 0.717) is 39.1 Å². The minimum absolute atomic E-state index is 0.0984. The molecule has 3 rings (SSSR count). The number of hydrogen-bond acceptors (Lipinski definition) is 5. The number of aryl methyl sites for hydroxylation is 1. The van der Waals surface area contributed by atoms with Crippen LogP contribution in [0.25, 0.3) is 0 Å². The van der Waals surface area contributed by atoms with Gasteiger partial charge in [-0.3, -0.25) is 14.5 Å². The van der Waals surface area contributed by atoms with E-state index in [0.717, 1.165) is 11.1 Å². The van der Waals surface area contributed by atoms with Crippen LogP contribution in [0.2, 0.25) is 0 Å². The van der Waals surface area contributed by atoms with Crippen LogP contribution in [0.1, 0.15) is 24.0 Å². The Balaban J connectivity index is 1.62. The molecule has 9 heteroatoms. The highest BCUT2D eigenvalue weighted by Gasteiger charge is 2.28. The van der Waals surface area contributed by atoms with E-state index in [9.17, 15) is 18.0 Å². The van der Waals surface area contributed by atoms with Crippen molar-refractivity contribution in [3.63, 3.8) is 0 Å². The molecule has 1 heterocycles. The number of amides is 2. The molecule has 2 N–H and O–H groups in total. The Labute approximate surface area is 196 Å². The van der Waals surface area contributed by atoms with Gasteiger partial charge in [-0.05, 0) is 37.6 Å². The van der Waals surface area contributed by atoms with E-state index >= 15 is 0 Å². The van der Waals surface area contributed by atoms with Crippen LogP contribution in [0.15, 0.2) is 59.5 Å². The first kappa shape index (κ1) is 24.9. The van der Waals surface area contributed by atoms with Crippen LogP contribution in [0.5, 0.6) is 0 Å². The fourth-order valence-corrected chi connectivity index (χ4v) is 5.31. The van der Waals surface area contributed by atoms with Crippen molar-refractivity contribution in [2.24, 2.45) is 5.73 Å². The first-order valence-electron chi connectivity index (χ1n) is 11.1. The van der Waals surface area contributed by atoms with Crippen molar-refractivity contribution in [2.45, 2.75) is 31.2 Å². The van der Waals surface area contributed by atoms with Gasteiger partial charge in [0.25, 0.3) is 0 Å². The van der Waals surface area contributed by atoms with Gasteiger partial charge in [0.1, 0.15) is 0 Å². The maximum atomic E-state index is 13.1. The molecular weight excluding hydrogens is 440 g/mol. The molecule has 1 aliphatic heterocycles. The molecule has 2 aromatic carbocycles. The molecule has 0 spiro atoms. The van der Waals surface area contributed by atoms with E-state index in [2.05, 4.69) is 0 Å². The van der Waals surface area contributed by atoms with Gasteiger partial charge in [-0.2, -0.15) is 4.31 Å². The molecule has 0 unspecified atom stereocenters. The molecule has 33 heavy (non-hydrogen) atoms. The van der Waals surface area contributed by atoms with Crippen molar-refractivity contribution in [2.75, 3.05) is 39.3 Å². The molecule has 178 valence electrons. The van der Waals surface area contributed by atoms with E-state index in [-0.39, 0.29) is 30.3 Å². The summed E-state index contributed by atoms with van der Waals surface area (Å²) in [6.07, 6.45) is 0.736. The highest BCUT2D eigenvalue weighted by Crippen LogP contribution is 2.18. The van der Waals surface area contributed by atoms with Crippen molar-refractivity contribution in [3.05, 3.63) is 65.7 Å². The Morgan fingerprint density at radius 2 is 1.67 bits per heavy atom. The van der Waals surface area contributed by atoms with Crippen LogP contribution < -0.4 is 5.73 Å². The first-order valence-corrected chi connectivity index (χ1v) is 12.6. The number of nitrogens with zero attached hydrogens (tertiary/aromatic N) is 3. The summed E-state index contributed by atoms with van der Waals surface area (Å²) in [7, 11) is -3.57. The van der Waals surface area contributed by atoms with E-state index in [4.69, 9.17) is 5.73 Å². The van der Waals surface area contributed by atoms with Crippen LogP contribution in [-0.2, 0) is 26.2 Å². The number of carbonyl (C=O) groups is 2. The second kappa shape index (κ2) is 11.4. The number of sulfonamides is 1. The number of nitrogens with two attached hydrogens (primary N) is 1. The summed E-state index contributed by atoms with van der Waals surface area (Å²) in [4.78, 5) is 28.3. The fraction of sp³-hybridized carbons (Fsp3) is 0.417. The molecule has 0 saturated carbocycles. The summed E-state index contributed by atoms with van der Waals surface area (Å²) in [5.41, 5.74) is 7.28. The van der Waals surface area contributed by atoms with Gasteiger partial charge in [0.05, 0.1) is 11.4 Å². The monoisotopic (exact) mass is 472 g/mol. The minimum atomic E-state index is -3.57. The van der Waals surface area contributed by atoms with E-state index in [1.54, 1.807) is 29.2 Å². The van der Waals surface area contributed by atoms with Gasteiger partial charge in [-0.1, -0.05) is 48.0 Å². The minimum Gasteiger partial charge on any atom is -0.370 e. The molecule has 0 aliphatic carbocycles. The Kier molecular flexibility index (Phi) is 8.60. The summed E-state index contributed by atoms with van der Waals surface area (Å²) >= 11 is 0. The van der Waals surface area contributed by atoms with Crippen LogP contribution in [0.3, 0.4) is 0 Å². The van der Waals surface area contributed by atoms with Crippen LogP contribution in [0.4, 0.5) is 0 Å². The lowest BCUT2D eigenvalue weighted by Crippen LogP contribution is -2.42. The second-order valence-corrected chi connectivity index (χ2v) is 10.3. The summed E-state index contributed by atoms with van der Waals surface area (Å²) in [5, 5.41) is 0. The van der Waals surface area contributed by atoms with Crippen molar-refractivity contribution in [1.29, 1.82) is 0 Å². The summed E-state index contributed by atoms with van der Waals surface area (Å²) in [6.45, 7) is 4.57. The highest BCUT2D eigenvalue weighted by molar-refractivity contribution is 7.89. The molecular formula is C24H32N4O4S. The van der Waals surface area contributed by atoms with Gasteiger partial charge in [0.15, 0.2) is 0 Å². The fourth-order valence-electron chi connectivity index (χ4n) is 3.84. The van der Waals surface area contributed by atoms with Crippen LogP contribution in [-0.4, -0.2) is 73.6 Å². The molecule has 1 saturated heterocycles. The van der Waals surface area contributed by atoms with Crippen molar-refractivity contribution < 1.29 is 18.0 Å². The second-order valence-electron chi connectivity index (χ2n) is 8.36. The third kappa shape index (κ3) is 7.12. The van der Waals surface area contributed by atoms with E-state index < -0.39 is 15.9 Å². The van der Waals surface area contributed by atoms with Crippen molar-refractivity contribution >= 4 is 21.8 Å². The maximum absolute atomic E-state index is 13.1. The molecule has 1 fully saturated rings. The normalized spacial score (nSPS) is 15.7. The zero-order valence-electron chi connectivity index (χ0n) is 19.0. The lowest BCUT2D eigenvalue weighted by Gasteiger charge is -2.27. The highest BCUT2D eigenvalue weighted by atomic mass is 32.2. The van der Waals surface area contributed by atoms with Gasteiger partial charge in [0.2, 0.25) is 21.8 Å². The number of primary amides is 1. The standard InChI is InChI=1S/C24H32N4O4S/c1-20-8-10-22(11-9-20)33(31,32)28-14-5-13-26(16-17-28)19-24(30)27(15-12-23(25)29)18-21-6-3-2-4-7-21/h2-4,6-11H,5,12-19H2,1H3,(H2,25,29). The number of rotatable bonds is 9. The zero-order valence-corrected chi connectivity index (χ0v) is 19.8. The van der Waals surface area contributed by atoms with Crippen molar-refractivity contribution in [1.82, 2.24) is 14.1 Å². The van der Waals surface area contributed by atoms with Gasteiger partial charge in [-0.25, -0.2) is 8.42 Å². The molecule has 0 radical (unpaired) electrons. The maximum Gasteiger partial charge on any atom is 0.243 e. The molecule has 0 bridgehead atoms. The topological polar surface area (TPSA) is 104 Å². The number of benzene rings is 2. The molecule has 2 amide bonds. The molecule has 2 aromatic rings. The molecule has 8 nitrogen and oxygen atoms in total. The van der Waals surface area contributed by atoms with Gasteiger partial charge >= 0.3 is 0 Å². The summed E-state index contributed by atoms with van der Waals surface area (Å²) in [6, 6.07) is 16.5. The zero-order chi connectivity index (χ0) is 23.8. The molecule has 0 aromatic heterocycles. The van der Waals surface area contributed by atoms with Gasteiger partial charge < -0.3 is 10.6 Å². The smallest absolute Gasteiger partial charge is 0.243 e. The number of hydrogen-bond donors (Lipinski definition) is 1. The Hall–Kier alpha value is -2.75. The first-order chi connectivity index (χ1) is 15.8. The predicted octanol–water partition coefficient (Wildman–Crippen LogP) is 1.60. The van der Waals surface area contributed by atoms with Gasteiger partial charge in [0, 0.05) is 39.1 Å². The summed E-state index contributed by atoms with van der Waals surface area (Å²) < 4.78 is 27.6. The predicted molar refractivity (Wildman–Crippen MR) is 127 cm³/mol. The van der Waals surface area contributed by atoms with Gasteiger partial charge in [-0.15, -0.1) is 0 Å². The quantitative estimate of drug-likeness (QED) is 0.597. The lowest BCUT2D eigenvalue weighted by molar-refractivity contribution is -0.133. The number of carbonyl (C=O) groups excluding carboxylic acids is 2. The molecule has 0 atom stereocenters.